The van der Waals surface area contributed by atoms with Crippen LogP contribution in [0.4, 0.5) is 5.82 Å². The van der Waals surface area contributed by atoms with Crippen LogP contribution in [0.3, 0.4) is 0 Å². The van der Waals surface area contributed by atoms with Gasteiger partial charge in [-0.15, -0.1) is 0 Å². The molecule has 1 aromatic rings. The number of nitrogens with zero attached hydrogens (tertiary/aromatic N) is 3. The van der Waals surface area contributed by atoms with Gasteiger partial charge in [0, 0.05) is 43.5 Å². The van der Waals surface area contributed by atoms with Crippen molar-refractivity contribution in [3.8, 4) is 0 Å². The third-order valence-corrected chi connectivity index (χ3v) is 4.93. The topological polar surface area (TPSA) is 45.4 Å². The Balaban J connectivity index is 1.88. The number of piperazine rings is 1. The molecule has 110 valence electrons. The summed E-state index contributed by atoms with van der Waals surface area (Å²) in [6, 6.07) is 3.28. The van der Waals surface area contributed by atoms with Gasteiger partial charge in [0.2, 0.25) is 0 Å². The molecule has 0 bridgehead atoms. The molecule has 2 fully saturated rings. The predicted octanol–water partition coefficient (Wildman–Crippen LogP) is 1.91. The molecule has 4 heteroatoms. The summed E-state index contributed by atoms with van der Waals surface area (Å²) >= 11 is 0. The van der Waals surface area contributed by atoms with Gasteiger partial charge in [0.05, 0.1) is 0 Å². The van der Waals surface area contributed by atoms with Crippen molar-refractivity contribution in [2.75, 3.05) is 24.5 Å². The summed E-state index contributed by atoms with van der Waals surface area (Å²) in [7, 11) is 0. The van der Waals surface area contributed by atoms with Crippen LogP contribution in [0, 0.1) is 6.92 Å². The van der Waals surface area contributed by atoms with Gasteiger partial charge in [0.15, 0.2) is 0 Å². The van der Waals surface area contributed by atoms with Crippen LogP contribution in [0.2, 0.25) is 0 Å². The Morgan fingerprint density at radius 1 is 1.35 bits per heavy atom. The van der Waals surface area contributed by atoms with E-state index >= 15 is 0 Å². The van der Waals surface area contributed by atoms with Crippen molar-refractivity contribution in [2.45, 2.75) is 51.7 Å². The molecule has 0 amide bonds. The minimum Gasteiger partial charge on any atom is -0.351 e. The Hall–Kier alpha value is -1.13. The summed E-state index contributed by atoms with van der Waals surface area (Å²) < 4.78 is 0. The molecular weight excluding hydrogens is 248 g/mol. The van der Waals surface area contributed by atoms with Crippen LogP contribution in [0.1, 0.15) is 37.3 Å². The van der Waals surface area contributed by atoms with Crippen LogP contribution >= 0.6 is 0 Å². The first-order valence-corrected chi connectivity index (χ1v) is 7.86. The van der Waals surface area contributed by atoms with E-state index in [1.807, 2.05) is 6.20 Å². The number of piperidine rings is 1. The zero-order valence-electron chi connectivity index (χ0n) is 12.7. The highest BCUT2D eigenvalue weighted by molar-refractivity contribution is 5.51. The van der Waals surface area contributed by atoms with Crippen LogP contribution in [-0.2, 0) is 6.54 Å². The third kappa shape index (κ3) is 2.42. The number of hydrogen-bond acceptors (Lipinski definition) is 4. The van der Waals surface area contributed by atoms with E-state index in [4.69, 9.17) is 5.73 Å². The number of aryl methyl sites for hydroxylation is 1. The van der Waals surface area contributed by atoms with Crippen molar-refractivity contribution < 1.29 is 0 Å². The Bertz CT molecular complexity index is 474. The van der Waals surface area contributed by atoms with Gasteiger partial charge in [0.25, 0.3) is 0 Å². The molecule has 20 heavy (non-hydrogen) atoms. The molecule has 3 rings (SSSR count). The van der Waals surface area contributed by atoms with Crippen molar-refractivity contribution in [3.05, 3.63) is 23.4 Å². The first-order valence-electron chi connectivity index (χ1n) is 7.86. The molecule has 3 heterocycles. The fourth-order valence-electron chi connectivity index (χ4n) is 3.72. The highest BCUT2D eigenvalue weighted by atomic mass is 15.3. The molecule has 0 aromatic carbocycles. The van der Waals surface area contributed by atoms with E-state index in [2.05, 4.69) is 34.7 Å². The number of fused-ring (bicyclic) bond motifs is 1. The SMILES string of the molecule is Cc1ccnc(N2CC3CCCCN3CC2C)c1CN. The van der Waals surface area contributed by atoms with Crippen LogP contribution in [0.5, 0.6) is 0 Å². The highest BCUT2D eigenvalue weighted by Gasteiger charge is 2.34. The zero-order chi connectivity index (χ0) is 14.1. The van der Waals surface area contributed by atoms with E-state index in [1.54, 1.807) is 0 Å². The van der Waals surface area contributed by atoms with E-state index in [1.165, 1.54) is 36.9 Å². The van der Waals surface area contributed by atoms with Crippen molar-refractivity contribution in [3.63, 3.8) is 0 Å². The molecule has 0 radical (unpaired) electrons. The highest BCUT2D eigenvalue weighted by Crippen LogP contribution is 2.29. The van der Waals surface area contributed by atoms with Crippen molar-refractivity contribution in [2.24, 2.45) is 5.73 Å². The van der Waals surface area contributed by atoms with Crippen LogP contribution < -0.4 is 10.6 Å². The lowest BCUT2D eigenvalue weighted by Gasteiger charge is -2.48. The molecule has 2 aliphatic heterocycles. The van der Waals surface area contributed by atoms with E-state index in [0.717, 1.165) is 18.9 Å². The monoisotopic (exact) mass is 274 g/mol. The molecule has 2 aliphatic rings. The summed E-state index contributed by atoms with van der Waals surface area (Å²) in [5, 5.41) is 0. The Kier molecular flexibility index (Phi) is 3.94. The number of anilines is 1. The first-order chi connectivity index (χ1) is 9.70. The predicted molar refractivity (Wildman–Crippen MR) is 82.9 cm³/mol. The molecule has 2 saturated heterocycles. The number of nitrogens with two attached hydrogens (primary N) is 1. The van der Waals surface area contributed by atoms with Gasteiger partial charge in [-0.2, -0.15) is 0 Å². The molecule has 2 atom stereocenters. The van der Waals surface area contributed by atoms with Gasteiger partial charge in [0.1, 0.15) is 5.82 Å². The second kappa shape index (κ2) is 5.70. The van der Waals surface area contributed by atoms with Gasteiger partial charge >= 0.3 is 0 Å². The minimum absolute atomic E-state index is 0.518. The van der Waals surface area contributed by atoms with E-state index in [0.29, 0.717) is 18.6 Å². The lowest BCUT2D eigenvalue weighted by molar-refractivity contribution is 0.115. The van der Waals surface area contributed by atoms with Crippen molar-refractivity contribution in [1.29, 1.82) is 0 Å². The van der Waals surface area contributed by atoms with Crippen LogP contribution in [-0.4, -0.2) is 41.6 Å². The number of rotatable bonds is 2. The molecule has 4 nitrogen and oxygen atoms in total. The Labute approximate surface area is 122 Å². The molecule has 0 saturated carbocycles. The molecule has 0 aliphatic carbocycles. The van der Waals surface area contributed by atoms with E-state index in [9.17, 15) is 0 Å². The van der Waals surface area contributed by atoms with Crippen molar-refractivity contribution in [1.82, 2.24) is 9.88 Å². The Morgan fingerprint density at radius 3 is 3.00 bits per heavy atom. The van der Waals surface area contributed by atoms with Gasteiger partial charge in [-0.25, -0.2) is 4.98 Å². The van der Waals surface area contributed by atoms with Gasteiger partial charge in [-0.1, -0.05) is 6.42 Å². The smallest absolute Gasteiger partial charge is 0.133 e. The lowest BCUT2D eigenvalue weighted by Crippen LogP contribution is -2.59. The Morgan fingerprint density at radius 2 is 2.20 bits per heavy atom. The average molecular weight is 274 g/mol. The number of pyridine rings is 1. The normalized spacial score (nSPS) is 27.4. The fourth-order valence-corrected chi connectivity index (χ4v) is 3.72. The maximum Gasteiger partial charge on any atom is 0.133 e. The summed E-state index contributed by atoms with van der Waals surface area (Å²) in [5.74, 6) is 1.12. The average Bonchev–Trinajstić information content (AvgIpc) is 2.46. The maximum atomic E-state index is 5.96. The molecule has 0 spiro atoms. The lowest BCUT2D eigenvalue weighted by atomic mass is 9.96. The number of aromatic nitrogens is 1. The van der Waals surface area contributed by atoms with Crippen LogP contribution in [0.15, 0.2) is 12.3 Å². The minimum atomic E-state index is 0.518. The first kappa shape index (κ1) is 13.8. The second-order valence-electron chi connectivity index (χ2n) is 6.28. The van der Waals surface area contributed by atoms with E-state index < -0.39 is 0 Å². The van der Waals surface area contributed by atoms with Gasteiger partial charge in [-0.3, -0.25) is 4.90 Å². The van der Waals surface area contributed by atoms with Crippen molar-refractivity contribution >= 4 is 5.82 Å². The number of hydrogen-bond donors (Lipinski definition) is 1. The second-order valence-corrected chi connectivity index (χ2v) is 6.28. The quantitative estimate of drug-likeness (QED) is 0.895. The third-order valence-electron chi connectivity index (χ3n) is 4.93. The molecular formula is C16H26N4. The largest absolute Gasteiger partial charge is 0.351 e. The fraction of sp³-hybridized carbons (Fsp3) is 0.688. The summed E-state index contributed by atoms with van der Waals surface area (Å²) in [4.78, 5) is 9.81. The zero-order valence-corrected chi connectivity index (χ0v) is 12.7. The van der Waals surface area contributed by atoms with E-state index in [-0.39, 0.29) is 0 Å². The van der Waals surface area contributed by atoms with Gasteiger partial charge < -0.3 is 10.6 Å². The molecule has 2 N–H and O–H groups in total. The maximum absolute atomic E-state index is 5.96. The van der Waals surface area contributed by atoms with Crippen LogP contribution in [0.25, 0.3) is 0 Å². The van der Waals surface area contributed by atoms with Gasteiger partial charge in [-0.05, 0) is 44.9 Å². The summed E-state index contributed by atoms with van der Waals surface area (Å²) in [6.45, 7) is 8.55. The summed E-state index contributed by atoms with van der Waals surface area (Å²) in [6.07, 6.45) is 5.98. The standard InChI is InChI=1S/C16H26N4/c1-12-6-7-18-16(15(12)9-17)20-11-14-5-3-4-8-19(14)10-13(20)2/h6-7,13-14H,3-5,8-11,17H2,1-2H3. The molecule has 1 aromatic heterocycles. The summed E-state index contributed by atoms with van der Waals surface area (Å²) in [5.41, 5.74) is 8.43. The molecule has 2 unspecified atom stereocenters.